The highest BCUT2D eigenvalue weighted by atomic mass is 35.5. The summed E-state index contributed by atoms with van der Waals surface area (Å²) in [4.78, 5) is 41.4. The van der Waals surface area contributed by atoms with Crippen molar-refractivity contribution in [3.05, 3.63) is 17.5 Å². The summed E-state index contributed by atoms with van der Waals surface area (Å²) in [5.74, 6) is -0.997. The van der Waals surface area contributed by atoms with Crippen molar-refractivity contribution in [3.63, 3.8) is 0 Å². The molecule has 2 aromatic heterocycles. The molecule has 1 aliphatic heterocycles. The number of carbonyl (C=O) groups is 1. The van der Waals surface area contributed by atoms with Gasteiger partial charge < -0.3 is 34.2 Å². The Labute approximate surface area is 176 Å². The molecule has 30 heavy (non-hydrogen) atoms. The fraction of sp³-hybridized carbons (Fsp3) is 0.588. The molecule has 11 nitrogen and oxygen atoms in total. The van der Waals surface area contributed by atoms with Crippen LogP contribution in [0.1, 0.15) is 18.9 Å². The Bertz CT molecular complexity index is 1010. The summed E-state index contributed by atoms with van der Waals surface area (Å²) in [7, 11) is -4.41. The highest BCUT2D eigenvalue weighted by Crippen LogP contribution is 2.38. The first-order valence-corrected chi connectivity index (χ1v) is 11.7. The number of ketones is 1. The molecular formula is C17H22ClN4O7P. The number of aromatic nitrogens is 3. The molecule has 4 rings (SSSR count). The van der Waals surface area contributed by atoms with Crippen LogP contribution in [0.15, 0.2) is 12.3 Å². The topological polar surface area (TPSA) is 158 Å². The Kier molecular flexibility index (Phi) is 5.88. The van der Waals surface area contributed by atoms with Crippen LogP contribution in [0.3, 0.4) is 0 Å². The van der Waals surface area contributed by atoms with Gasteiger partial charge in [-0.15, -0.1) is 0 Å². The van der Waals surface area contributed by atoms with E-state index in [9.17, 15) is 19.6 Å². The molecule has 1 saturated heterocycles. The first-order valence-electron chi connectivity index (χ1n) is 9.48. The van der Waals surface area contributed by atoms with Crippen LogP contribution < -0.4 is 4.90 Å². The van der Waals surface area contributed by atoms with Crippen molar-refractivity contribution in [1.82, 2.24) is 14.5 Å². The Morgan fingerprint density at radius 1 is 1.20 bits per heavy atom. The number of nitrogens with zero attached hydrogens (tertiary/aromatic N) is 4. The quantitative estimate of drug-likeness (QED) is 0.349. The number of halogens is 1. The molecule has 0 radical (unpaired) electrons. The molecule has 2 fully saturated rings. The van der Waals surface area contributed by atoms with Crippen LogP contribution in [0.2, 0.25) is 5.28 Å². The van der Waals surface area contributed by atoms with Crippen LogP contribution in [-0.2, 0) is 14.1 Å². The molecule has 4 N–H and O–H groups in total. The van der Waals surface area contributed by atoms with Crippen LogP contribution in [0.25, 0.3) is 11.0 Å². The predicted octanol–water partition coefficient (Wildman–Crippen LogP) is 0.298. The fourth-order valence-corrected chi connectivity index (χ4v) is 4.65. The number of hydrogen-bond acceptors (Lipinski definition) is 8. The lowest BCUT2D eigenvalue weighted by atomic mass is 10.1. The zero-order valence-electron chi connectivity index (χ0n) is 15.8. The predicted molar refractivity (Wildman–Crippen MR) is 106 cm³/mol. The van der Waals surface area contributed by atoms with E-state index in [0.29, 0.717) is 16.9 Å². The van der Waals surface area contributed by atoms with Crippen LogP contribution in [0.5, 0.6) is 0 Å². The lowest BCUT2D eigenvalue weighted by molar-refractivity contribution is -0.126. The number of Topliss-reactive ketones (excluding diaryl/α,β-unsaturated/α-hetero) is 1. The maximum absolute atomic E-state index is 12.9. The van der Waals surface area contributed by atoms with Gasteiger partial charge in [0.1, 0.15) is 30.0 Å². The molecule has 13 heteroatoms. The number of aliphatic hydroxyl groups excluding tert-OH is 2. The Morgan fingerprint density at radius 3 is 2.57 bits per heavy atom. The lowest BCUT2D eigenvalue weighted by Crippen LogP contribution is -2.31. The third kappa shape index (κ3) is 3.99. The minimum Gasteiger partial charge on any atom is -0.389 e. The summed E-state index contributed by atoms with van der Waals surface area (Å²) in [6.45, 7) is 1.24. The highest BCUT2D eigenvalue weighted by molar-refractivity contribution is 7.51. The number of carbonyl (C=O) groups excluding carboxylic acids is 1. The molecule has 0 aromatic carbocycles. The van der Waals surface area contributed by atoms with Crippen molar-refractivity contribution < 1.29 is 34.1 Å². The molecule has 0 bridgehead atoms. The monoisotopic (exact) mass is 460 g/mol. The van der Waals surface area contributed by atoms with Crippen molar-refractivity contribution in [2.24, 2.45) is 5.92 Å². The molecule has 1 aliphatic carbocycles. The standard InChI is InChI=1S/C17H22ClN4O7P/c18-17-19-15(21-4-1-2-5-21)9-3-6-22(16(9)20-17)11-12(23)10(13(24)14(11)25)7-29-8-30(26,27)28/h3,6,10-11,13-14,24-25H,1-2,4-5,7-8H2,(H2,26,27,28)/t10-,11-,13-,14+/m0/s1. The zero-order valence-corrected chi connectivity index (χ0v) is 17.5. The van der Waals surface area contributed by atoms with E-state index in [2.05, 4.69) is 14.9 Å². The molecule has 4 atom stereocenters. The van der Waals surface area contributed by atoms with E-state index in [4.69, 9.17) is 26.1 Å². The van der Waals surface area contributed by atoms with Crippen LogP contribution >= 0.6 is 19.2 Å². The minimum atomic E-state index is -4.41. The summed E-state index contributed by atoms with van der Waals surface area (Å²) < 4.78 is 17.3. The second-order valence-electron chi connectivity index (χ2n) is 7.57. The van der Waals surface area contributed by atoms with Crippen molar-refractivity contribution in [3.8, 4) is 0 Å². The zero-order chi connectivity index (χ0) is 21.6. The van der Waals surface area contributed by atoms with Gasteiger partial charge in [-0.1, -0.05) is 0 Å². The molecule has 164 valence electrons. The van der Waals surface area contributed by atoms with Crippen molar-refractivity contribution in [1.29, 1.82) is 0 Å². The van der Waals surface area contributed by atoms with Crippen molar-refractivity contribution >= 4 is 41.8 Å². The second-order valence-corrected chi connectivity index (χ2v) is 9.50. The van der Waals surface area contributed by atoms with Gasteiger partial charge in [-0.3, -0.25) is 9.36 Å². The largest absolute Gasteiger partial charge is 0.389 e. The van der Waals surface area contributed by atoms with Crippen LogP contribution in [0, 0.1) is 5.92 Å². The number of fused-ring (bicyclic) bond motifs is 1. The number of anilines is 1. The molecule has 2 aliphatic rings. The highest BCUT2D eigenvalue weighted by Gasteiger charge is 2.50. The van der Waals surface area contributed by atoms with Gasteiger partial charge in [-0.25, -0.2) is 0 Å². The number of aliphatic hydroxyl groups is 2. The van der Waals surface area contributed by atoms with Gasteiger partial charge >= 0.3 is 7.60 Å². The van der Waals surface area contributed by atoms with Gasteiger partial charge in [0.25, 0.3) is 0 Å². The molecule has 2 aromatic rings. The van der Waals surface area contributed by atoms with Crippen LogP contribution in [-0.4, -0.2) is 78.6 Å². The van der Waals surface area contributed by atoms with Crippen molar-refractivity contribution in [2.75, 3.05) is 30.9 Å². The Hall–Kier alpha value is -1.59. The van der Waals surface area contributed by atoms with Crippen molar-refractivity contribution in [2.45, 2.75) is 31.1 Å². The normalized spacial score (nSPS) is 27.5. The maximum Gasteiger partial charge on any atom is 0.350 e. The number of rotatable bonds is 6. The maximum atomic E-state index is 12.9. The van der Waals surface area contributed by atoms with E-state index >= 15 is 0 Å². The van der Waals surface area contributed by atoms with Gasteiger partial charge in [0.05, 0.1) is 24.0 Å². The minimum absolute atomic E-state index is 0.00589. The SMILES string of the molecule is O=C1[C@H](COCP(=O)(O)O)[C@H](O)[C@H](O)[C@H]1n1ccc2c(N3CCCC3)nc(Cl)nc21. The Morgan fingerprint density at radius 2 is 1.90 bits per heavy atom. The molecular weight excluding hydrogens is 439 g/mol. The second kappa shape index (κ2) is 8.16. The van der Waals surface area contributed by atoms with Gasteiger partial charge in [0, 0.05) is 19.3 Å². The van der Waals surface area contributed by atoms with E-state index in [1.54, 1.807) is 12.3 Å². The summed E-state index contributed by atoms with van der Waals surface area (Å²) in [6, 6.07) is 0.599. The molecule has 3 heterocycles. The van der Waals surface area contributed by atoms with Gasteiger partial charge in [0.15, 0.2) is 5.78 Å². The first-order chi connectivity index (χ1) is 14.2. The smallest absolute Gasteiger partial charge is 0.350 e. The van der Waals surface area contributed by atoms with E-state index in [0.717, 1.165) is 25.9 Å². The molecule has 0 spiro atoms. The third-order valence-electron chi connectivity index (χ3n) is 5.53. The van der Waals surface area contributed by atoms with E-state index in [-0.39, 0.29) is 5.28 Å². The molecule has 0 amide bonds. The van der Waals surface area contributed by atoms with E-state index in [1.807, 2.05) is 0 Å². The van der Waals surface area contributed by atoms with E-state index < -0.39 is 50.5 Å². The average molecular weight is 461 g/mol. The summed E-state index contributed by atoms with van der Waals surface area (Å²) in [5, 5.41) is 21.6. The first kappa shape index (κ1) is 21.6. The summed E-state index contributed by atoms with van der Waals surface area (Å²) >= 11 is 6.13. The fourth-order valence-electron chi connectivity index (χ4n) is 4.15. The molecule has 0 unspecified atom stereocenters. The summed E-state index contributed by atoms with van der Waals surface area (Å²) in [6.07, 6.45) is -0.114. The Balaban J connectivity index is 1.65. The summed E-state index contributed by atoms with van der Waals surface area (Å²) in [5.41, 5.74) is 0.360. The number of hydrogen-bond donors (Lipinski definition) is 4. The van der Waals surface area contributed by atoms with Gasteiger partial charge in [-0.2, -0.15) is 9.97 Å². The molecule has 1 saturated carbocycles. The van der Waals surface area contributed by atoms with Crippen LogP contribution in [0.4, 0.5) is 5.82 Å². The van der Waals surface area contributed by atoms with Gasteiger partial charge in [-0.05, 0) is 30.5 Å². The third-order valence-corrected chi connectivity index (χ3v) is 6.22. The van der Waals surface area contributed by atoms with E-state index in [1.165, 1.54) is 4.57 Å². The lowest BCUT2D eigenvalue weighted by Gasteiger charge is -2.19. The average Bonchev–Trinajstić information content (AvgIpc) is 3.37. The van der Waals surface area contributed by atoms with Gasteiger partial charge in [0.2, 0.25) is 5.28 Å². The number of ether oxygens (including phenoxy) is 1.